The molecule has 0 aliphatic heterocycles. The quantitative estimate of drug-likeness (QED) is 0.410. The summed E-state index contributed by atoms with van der Waals surface area (Å²) < 4.78 is 5.83. The van der Waals surface area contributed by atoms with Crippen molar-refractivity contribution in [3.8, 4) is 17.2 Å². The van der Waals surface area contributed by atoms with E-state index in [0.717, 1.165) is 12.0 Å². The summed E-state index contributed by atoms with van der Waals surface area (Å²) in [5.74, 6) is 0.0166. The van der Waals surface area contributed by atoms with E-state index in [0.29, 0.717) is 11.3 Å². The smallest absolute Gasteiger partial charge is 0.347 e. The van der Waals surface area contributed by atoms with E-state index >= 15 is 0 Å². The number of nitrogens with zero attached hydrogens (tertiary/aromatic N) is 1. The van der Waals surface area contributed by atoms with Gasteiger partial charge in [0.2, 0.25) is 6.10 Å². The number of carboxylic acid groups (broad SMARTS) is 1. The van der Waals surface area contributed by atoms with Gasteiger partial charge < -0.3 is 19.8 Å². The van der Waals surface area contributed by atoms with Crippen molar-refractivity contribution in [1.29, 1.82) is 0 Å². The zero-order valence-electron chi connectivity index (χ0n) is 15.6. The van der Waals surface area contributed by atoms with Crippen LogP contribution in [-0.4, -0.2) is 28.5 Å². The number of hydrogen-bond donors (Lipinski definition) is 2. The molecule has 0 fully saturated rings. The fourth-order valence-electron chi connectivity index (χ4n) is 2.31. The first kappa shape index (κ1) is 21.9. The number of aliphatic carboxylic acids is 1. The third kappa shape index (κ3) is 5.53. The molecular formula is C20H21Cl2NO5. The van der Waals surface area contributed by atoms with E-state index in [1.54, 1.807) is 30.3 Å². The molecule has 150 valence electrons. The Balaban J connectivity index is 2.22. The van der Waals surface area contributed by atoms with E-state index in [1.807, 2.05) is 13.8 Å². The van der Waals surface area contributed by atoms with E-state index in [2.05, 4.69) is 5.16 Å². The third-order valence-corrected chi connectivity index (χ3v) is 4.71. The van der Waals surface area contributed by atoms with Gasteiger partial charge in [-0.25, -0.2) is 4.79 Å². The maximum Gasteiger partial charge on any atom is 0.347 e. The minimum absolute atomic E-state index is 0.168. The van der Waals surface area contributed by atoms with E-state index < -0.39 is 12.1 Å². The van der Waals surface area contributed by atoms with Crippen molar-refractivity contribution >= 4 is 35.4 Å². The zero-order valence-corrected chi connectivity index (χ0v) is 17.2. The molecule has 8 heteroatoms. The number of ether oxygens (including phenoxy) is 1. The molecule has 0 aliphatic rings. The molecule has 2 unspecified atom stereocenters. The number of halogens is 2. The van der Waals surface area contributed by atoms with Gasteiger partial charge >= 0.3 is 5.97 Å². The van der Waals surface area contributed by atoms with Gasteiger partial charge in [-0.15, -0.1) is 0 Å². The van der Waals surface area contributed by atoms with Crippen LogP contribution >= 0.6 is 23.2 Å². The van der Waals surface area contributed by atoms with Gasteiger partial charge in [0.05, 0.1) is 16.3 Å². The van der Waals surface area contributed by atoms with Gasteiger partial charge in [-0.3, -0.25) is 0 Å². The summed E-state index contributed by atoms with van der Waals surface area (Å²) in [6.07, 6.45) is 1.11. The highest BCUT2D eigenvalue weighted by molar-refractivity contribution is 6.37. The molecule has 2 aromatic rings. The van der Waals surface area contributed by atoms with Gasteiger partial charge in [-0.05, 0) is 55.2 Å². The molecule has 0 radical (unpaired) electrons. The van der Waals surface area contributed by atoms with Crippen LogP contribution in [0.1, 0.15) is 44.2 Å². The highest BCUT2D eigenvalue weighted by Gasteiger charge is 2.15. The van der Waals surface area contributed by atoms with Crippen LogP contribution in [-0.2, 0) is 9.63 Å². The van der Waals surface area contributed by atoms with Gasteiger partial charge in [0.1, 0.15) is 11.5 Å². The Hall–Kier alpha value is -2.44. The molecule has 2 N–H and O–H groups in total. The molecule has 0 heterocycles. The average molecular weight is 426 g/mol. The summed E-state index contributed by atoms with van der Waals surface area (Å²) >= 11 is 12.6. The molecule has 0 saturated carbocycles. The number of benzene rings is 2. The number of phenols is 1. The molecule has 0 saturated heterocycles. The molecule has 0 spiro atoms. The minimum atomic E-state index is -1.12. The normalized spacial score (nSPS) is 13.3. The Kier molecular flexibility index (Phi) is 7.54. The van der Waals surface area contributed by atoms with Crippen molar-refractivity contribution in [3.63, 3.8) is 0 Å². The molecule has 0 aliphatic carbocycles. The second-order valence-electron chi connectivity index (χ2n) is 6.27. The maximum absolute atomic E-state index is 10.7. The lowest BCUT2D eigenvalue weighted by Crippen LogP contribution is -2.17. The average Bonchev–Trinajstić information content (AvgIpc) is 2.65. The molecule has 6 nitrogen and oxygen atoms in total. The van der Waals surface area contributed by atoms with Crippen LogP contribution in [0.25, 0.3) is 0 Å². The number of hydrogen-bond acceptors (Lipinski definition) is 5. The first-order chi connectivity index (χ1) is 13.2. The zero-order chi connectivity index (χ0) is 20.8. The van der Waals surface area contributed by atoms with Crippen LogP contribution in [0.2, 0.25) is 10.0 Å². The summed E-state index contributed by atoms with van der Waals surface area (Å²) in [4.78, 5) is 15.5. The second-order valence-corrected chi connectivity index (χ2v) is 7.08. The molecule has 2 atom stereocenters. The number of aromatic hydroxyl groups is 1. The molecule has 28 heavy (non-hydrogen) atoms. The topological polar surface area (TPSA) is 88.4 Å². The fraction of sp³-hybridized carbons (Fsp3) is 0.300. The maximum atomic E-state index is 10.7. The summed E-state index contributed by atoms with van der Waals surface area (Å²) in [5, 5.41) is 22.9. The standard InChI is InChI=1S/C20H21Cl2NO5/c1-4-11(2)15-9-14(5-6-18(15)24)27-19-16(21)7-13(8-17(19)22)10-23-28-12(3)20(25)26/h5-12,24H,4H2,1-3H3,(H,25,26)/b23-10+. The molecular weight excluding hydrogens is 405 g/mol. The first-order valence-corrected chi connectivity index (χ1v) is 9.40. The SMILES string of the molecule is CCC(C)c1cc(Oc2c(Cl)cc(/C=N/OC(C)C(=O)O)cc2Cl)ccc1O. The number of phenolic OH excluding ortho intramolecular Hbond substituents is 1. The Labute approximate surface area is 173 Å². The third-order valence-electron chi connectivity index (χ3n) is 4.15. The van der Waals surface area contributed by atoms with Crippen molar-refractivity contribution in [2.45, 2.75) is 39.2 Å². The highest BCUT2D eigenvalue weighted by atomic mass is 35.5. The van der Waals surface area contributed by atoms with E-state index in [9.17, 15) is 9.90 Å². The van der Waals surface area contributed by atoms with Gasteiger partial charge in [-0.2, -0.15) is 0 Å². The molecule has 2 aromatic carbocycles. The fourth-order valence-corrected chi connectivity index (χ4v) is 2.89. The van der Waals surface area contributed by atoms with Gasteiger partial charge in [0.15, 0.2) is 5.75 Å². The van der Waals surface area contributed by atoms with Crippen LogP contribution in [0.5, 0.6) is 17.2 Å². The van der Waals surface area contributed by atoms with Crippen LogP contribution in [0.3, 0.4) is 0 Å². The number of rotatable bonds is 8. The van der Waals surface area contributed by atoms with Crippen molar-refractivity contribution in [2.75, 3.05) is 0 Å². The Bertz CT molecular complexity index is 862. The summed E-state index contributed by atoms with van der Waals surface area (Å²) in [6, 6.07) is 8.09. The molecule has 0 aromatic heterocycles. The number of carboxylic acids is 1. The van der Waals surface area contributed by atoms with Crippen LogP contribution in [0.15, 0.2) is 35.5 Å². The lowest BCUT2D eigenvalue weighted by molar-refractivity contribution is -0.149. The number of carbonyl (C=O) groups is 1. The Morgan fingerprint density at radius 2 is 1.86 bits per heavy atom. The van der Waals surface area contributed by atoms with Gasteiger partial charge in [0, 0.05) is 5.56 Å². The second kappa shape index (κ2) is 9.66. The lowest BCUT2D eigenvalue weighted by atomic mass is 9.97. The van der Waals surface area contributed by atoms with Gasteiger partial charge in [0.25, 0.3) is 0 Å². The summed E-state index contributed by atoms with van der Waals surface area (Å²) in [6.45, 7) is 5.41. The highest BCUT2D eigenvalue weighted by Crippen LogP contribution is 2.39. The Morgan fingerprint density at radius 1 is 1.21 bits per heavy atom. The van der Waals surface area contributed by atoms with E-state index in [-0.39, 0.29) is 27.5 Å². The van der Waals surface area contributed by atoms with Gasteiger partial charge in [-0.1, -0.05) is 42.2 Å². The van der Waals surface area contributed by atoms with E-state index in [4.69, 9.17) is 37.9 Å². The van der Waals surface area contributed by atoms with Crippen molar-refractivity contribution in [2.24, 2.45) is 5.16 Å². The molecule has 0 amide bonds. The summed E-state index contributed by atoms with van der Waals surface area (Å²) in [7, 11) is 0. The molecule has 2 rings (SSSR count). The van der Waals surface area contributed by atoms with Crippen molar-refractivity contribution in [3.05, 3.63) is 51.5 Å². The van der Waals surface area contributed by atoms with Crippen molar-refractivity contribution in [1.82, 2.24) is 0 Å². The first-order valence-electron chi connectivity index (χ1n) is 8.64. The minimum Gasteiger partial charge on any atom is -0.508 e. The predicted molar refractivity (Wildman–Crippen MR) is 109 cm³/mol. The van der Waals surface area contributed by atoms with Crippen molar-refractivity contribution < 1.29 is 24.6 Å². The Morgan fingerprint density at radius 3 is 2.43 bits per heavy atom. The lowest BCUT2D eigenvalue weighted by Gasteiger charge is -2.15. The predicted octanol–water partition coefficient (Wildman–Crippen LogP) is 5.83. The summed E-state index contributed by atoms with van der Waals surface area (Å²) in [5.41, 5.74) is 1.30. The van der Waals surface area contributed by atoms with Crippen LogP contribution in [0.4, 0.5) is 0 Å². The number of oxime groups is 1. The van der Waals surface area contributed by atoms with E-state index in [1.165, 1.54) is 13.1 Å². The largest absolute Gasteiger partial charge is 0.508 e. The molecule has 0 bridgehead atoms. The van der Waals surface area contributed by atoms with Crippen LogP contribution in [0, 0.1) is 0 Å². The monoisotopic (exact) mass is 425 g/mol. The van der Waals surface area contributed by atoms with Crippen LogP contribution < -0.4 is 4.74 Å².